The van der Waals surface area contributed by atoms with E-state index in [2.05, 4.69) is 47.3 Å². The average molecular weight is 283 g/mol. The van der Waals surface area contributed by atoms with Gasteiger partial charge in [-0.25, -0.2) is 0 Å². The highest BCUT2D eigenvalue weighted by Gasteiger charge is 2.18. The van der Waals surface area contributed by atoms with E-state index in [0.29, 0.717) is 0 Å². The fourth-order valence-corrected chi connectivity index (χ4v) is 2.66. The maximum Gasteiger partial charge on any atom is 0.0842 e. The Morgan fingerprint density at radius 3 is 2.90 bits per heavy atom. The topological polar surface area (TPSA) is 78.8 Å². The normalized spacial score (nSPS) is 13.8. The first-order chi connectivity index (χ1) is 10.1. The lowest BCUT2D eigenvalue weighted by Gasteiger charge is -2.16. The first-order valence-electron chi connectivity index (χ1n) is 7.16. The third-order valence-corrected chi connectivity index (χ3v) is 4.05. The van der Waals surface area contributed by atoms with Crippen LogP contribution < -0.4 is 16.4 Å². The molecule has 0 fully saturated rings. The molecular weight excluding hydrogens is 262 g/mol. The summed E-state index contributed by atoms with van der Waals surface area (Å²) in [6.07, 6.45) is 0.963. The van der Waals surface area contributed by atoms with Crippen molar-refractivity contribution in [1.29, 1.82) is 0 Å². The molecule has 2 heterocycles. The summed E-state index contributed by atoms with van der Waals surface area (Å²) >= 11 is 0. The molecule has 110 valence electrons. The largest absolute Gasteiger partial charge is 0.397 e. The minimum atomic E-state index is 0.731. The number of anilines is 2. The van der Waals surface area contributed by atoms with Crippen LogP contribution in [0.3, 0.4) is 0 Å². The Kier molecular flexibility index (Phi) is 3.43. The van der Waals surface area contributed by atoms with Crippen molar-refractivity contribution in [3.05, 3.63) is 46.8 Å². The number of aryl methyl sites for hydroxylation is 2. The number of nitrogens with two attached hydrogens (primary N) is 1. The Hall–Kier alpha value is -2.27. The molecule has 1 aromatic carbocycles. The zero-order valence-corrected chi connectivity index (χ0v) is 12.5. The van der Waals surface area contributed by atoms with Crippen molar-refractivity contribution in [2.24, 2.45) is 0 Å². The van der Waals surface area contributed by atoms with E-state index < -0.39 is 0 Å². The van der Waals surface area contributed by atoms with Crippen LogP contribution in [0.2, 0.25) is 0 Å². The van der Waals surface area contributed by atoms with Gasteiger partial charge in [0.1, 0.15) is 0 Å². The summed E-state index contributed by atoms with van der Waals surface area (Å²) < 4.78 is 0. The van der Waals surface area contributed by atoms with Crippen LogP contribution >= 0.6 is 0 Å². The van der Waals surface area contributed by atoms with E-state index >= 15 is 0 Å². The van der Waals surface area contributed by atoms with Crippen molar-refractivity contribution < 1.29 is 0 Å². The summed E-state index contributed by atoms with van der Waals surface area (Å²) in [6.45, 7) is 10.1. The highest BCUT2D eigenvalue weighted by atomic mass is 15.2. The van der Waals surface area contributed by atoms with Crippen LogP contribution in [0.15, 0.2) is 18.7 Å². The van der Waals surface area contributed by atoms with E-state index in [1.54, 1.807) is 0 Å². The summed E-state index contributed by atoms with van der Waals surface area (Å²) in [5.74, 6) is 0. The van der Waals surface area contributed by atoms with Gasteiger partial charge in [0.25, 0.3) is 0 Å². The molecule has 0 bridgehead atoms. The van der Waals surface area contributed by atoms with Gasteiger partial charge in [-0.3, -0.25) is 5.10 Å². The highest BCUT2D eigenvalue weighted by molar-refractivity contribution is 5.81. The summed E-state index contributed by atoms with van der Waals surface area (Å²) in [4.78, 5) is 0. The van der Waals surface area contributed by atoms with E-state index in [0.717, 1.165) is 48.0 Å². The molecule has 21 heavy (non-hydrogen) atoms. The lowest BCUT2D eigenvalue weighted by atomic mass is 10.0. The van der Waals surface area contributed by atoms with Crippen molar-refractivity contribution in [1.82, 2.24) is 15.5 Å². The van der Waals surface area contributed by atoms with Crippen LogP contribution in [-0.2, 0) is 13.0 Å². The highest BCUT2D eigenvalue weighted by Crippen LogP contribution is 2.28. The molecule has 0 spiro atoms. The van der Waals surface area contributed by atoms with Gasteiger partial charge in [-0.1, -0.05) is 6.58 Å². The minimum Gasteiger partial charge on any atom is -0.397 e. The van der Waals surface area contributed by atoms with Crippen molar-refractivity contribution in [2.45, 2.75) is 26.8 Å². The Balaban J connectivity index is 1.87. The first kappa shape index (κ1) is 13.7. The molecule has 3 rings (SSSR count). The number of rotatable bonds is 3. The Morgan fingerprint density at radius 2 is 2.10 bits per heavy atom. The molecule has 5 nitrogen and oxygen atoms in total. The van der Waals surface area contributed by atoms with Gasteiger partial charge in [0.05, 0.1) is 28.5 Å². The van der Waals surface area contributed by atoms with Gasteiger partial charge in [-0.15, -0.1) is 0 Å². The lowest BCUT2D eigenvalue weighted by Crippen LogP contribution is -2.23. The first-order valence-corrected chi connectivity index (χ1v) is 7.16. The molecule has 2 aromatic rings. The van der Waals surface area contributed by atoms with Crippen LogP contribution in [0.25, 0.3) is 5.70 Å². The number of aromatic nitrogens is 2. The smallest absolute Gasteiger partial charge is 0.0842 e. The summed E-state index contributed by atoms with van der Waals surface area (Å²) in [6, 6.07) is 4.04. The van der Waals surface area contributed by atoms with Crippen molar-refractivity contribution in [2.75, 3.05) is 17.6 Å². The van der Waals surface area contributed by atoms with Gasteiger partial charge >= 0.3 is 0 Å². The molecule has 1 aromatic heterocycles. The summed E-state index contributed by atoms with van der Waals surface area (Å²) in [5, 5.41) is 14.1. The third kappa shape index (κ3) is 2.52. The van der Waals surface area contributed by atoms with Crippen LogP contribution in [0.4, 0.5) is 11.4 Å². The maximum atomic E-state index is 6.09. The predicted molar refractivity (Wildman–Crippen MR) is 87.0 cm³/mol. The Labute approximate surface area is 124 Å². The second-order valence-electron chi connectivity index (χ2n) is 5.58. The molecule has 5 heteroatoms. The molecular formula is C16H21N5. The maximum absolute atomic E-state index is 6.09. The molecule has 1 aliphatic heterocycles. The van der Waals surface area contributed by atoms with Gasteiger partial charge < -0.3 is 16.4 Å². The molecule has 1 aliphatic rings. The van der Waals surface area contributed by atoms with Gasteiger partial charge in [-0.05, 0) is 50.1 Å². The molecule has 5 N–H and O–H groups in total. The van der Waals surface area contributed by atoms with Gasteiger partial charge in [0.15, 0.2) is 0 Å². The molecule has 0 radical (unpaired) electrons. The quantitative estimate of drug-likeness (QED) is 0.652. The summed E-state index contributed by atoms with van der Waals surface area (Å²) in [5.41, 5.74) is 14.2. The Morgan fingerprint density at radius 1 is 1.33 bits per heavy atom. The van der Waals surface area contributed by atoms with Crippen molar-refractivity contribution >= 4 is 17.1 Å². The van der Waals surface area contributed by atoms with Crippen LogP contribution in [-0.4, -0.2) is 16.7 Å². The number of H-pyrrole nitrogens is 1. The number of nitrogens with one attached hydrogen (secondary N) is 3. The van der Waals surface area contributed by atoms with E-state index in [1.807, 2.05) is 6.07 Å². The summed E-state index contributed by atoms with van der Waals surface area (Å²) in [7, 11) is 0. The van der Waals surface area contributed by atoms with Gasteiger partial charge in [-0.2, -0.15) is 5.10 Å². The fourth-order valence-electron chi connectivity index (χ4n) is 2.66. The standard InChI is InChI=1S/C16H21N5/c1-9-6-13(17)14(7-10(9)2)19-11(3)16-12-4-5-18-8-15(12)20-21-16/h6-7,18-19H,3-5,8,17H2,1-2H3,(H,20,21). The molecule has 0 amide bonds. The predicted octanol–water partition coefficient (Wildman–Crippen LogP) is 2.34. The molecule has 0 aliphatic carbocycles. The number of aromatic amines is 1. The zero-order chi connectivity index (χ0) is 15.0. The van der Waals surface area contributed by atoms with Crippen molar-refractivity contribution in [3.8, 4) is 0 Å². The molecule has 0 saturated carbocycles. The molecule has 0 saturated heterocycles. The van der Waals surface area contributed by atoms with Gasteiger partial charge in [0, 0.05) is 12.1 Å². The van der Waals surface area contributed by atoms with Crippen LogP contribution in [0.1, 0.15) is 28.1 Å². The van der Waals surface area contributed by atoms with Crippen LogP contribution in [0, 0.1) is 13.8 Å². The molecule has 0 atom stereocenters. The van der Waals surface area contributed by atoms with Gasteiger partial charge in [0.2, 0.25) is 0 Å². The van der Waals surface area contributed by atoms with Crippen LogP contribution in [0.5, 0.6) is 0 Å². The SMILES string of the molecule is C=C(Nc1cc(C)c(C)cc1N)c1[nH]nc2c1CCNC2. The second-order valence-corrected chi connectivity index (χ2v) is 5.58. The number of benzene rings is 1. The number of fused-ring (bicyclic) bond motifs is 1. The number of hydrogen-bond acceptors (Lipinski definition) is 4. The number of hydrogen-bond donors (Lipinski definition) is 4. The lowest BCUT2D eigenvalue weighted by molar-refractivity contribution is 0.632. The van der Waals surface area contributed by atoms with E-state index in [4.69, 9.17) is 5.73 Å². The minimum absolute atomic E-state index is 0.731. The Bertz CT molecular complexity index is 699. The van der Waals surface area contributed by atoms with E-state index in [9.17, 15) is 0 Å². The van der Waals surface area contributed by atoms with E-state index in [1.165, 1.54) is 16.7 Å². The zero-order valence-electron chi connectivity index (χ0n) is 12.5. The number of nitrogens with zero attached hydrogens (tertiary/aromatic N) is 1. The second kappa shape index (κ2) is 5.26. The van der Waals surface area contributed by atoms with E-state index in [-0.39, 0.29) is 0 Å². The monoisotopic (exact) mass is 283 g/mol. The third-order valence-electron chi connectivity index (χ3n) is 4.05. The average Bonchev–Trinajstić information content (AvgIpc) is 2.88. The fraction of sp³-hybridized carbons (Fsp3) is 0.312. The molecule has 0 unspecified atom stereocenters. The number of nitrogen functional groups attached to an aromatic ring is 1. The van der Waals surface area contributed by atoms with Crippen molar-refractivity contribution in [3.63, 3.8) is 0 Å².